The number of nitrogens with zero attached hydrogens (tertiary/aromatic N) is 3. The maximum absolute atomic E-state index is 14.1. The van der Waals surface area contributed by atoms with E-state index in [1.807, 2.05) is 18.2 Å². The molecule has 0 radical (unpaired) electrons. The molecule has 12 heteroatoms. The van der Waals surface area contributed by atoms with Crippen LogP contribution in [0.5, 0.6) is 17.2 Å². The van der Waals surface area contributed by atoms with E-state index in [0.29, 0.717) is 43.4 Å². The molecule has 0 unspecified atom stereocenters. The highest BCUT2D eigenvalue weighted by molar-refractivity contribution is 7.07. The number of aromatic nitrogens is 1. The summed E-state index contributed by atoms with van der Waals surface area (Å²) in [5.41, 5.74) is 2.24. The van der Waals surface area contributed by atoms with Gasteiger partial charge in [0.25, 0.3) is 11.2 Å². The number of hydrogen-bond acceptors (Lipinski definition) is 10. The zero-order valence-electron chi connectivity index (χ0n) is 24.4. The largest absolute Gasteiger partial charge is 0.497 e. The summed E-state index contributed by atoms with van der Waals surface area (Å²) in [7, 11) is 3.05. The third-order valence-electron chi connectivity index (χ3n) is 7.00. The van der Waals surface area contributed by atoms with E-state index in [1.54, 1.807) is 56.3 Å². The summed E-state index contributed by atoms with van der Waals surface area (Å²) in [5, 5.41) is 11.0. The number of rotatable bonds is 10. The van der Waals surface area contributed by atoms with Crippen molar-refractivity contribution in [2.24, 2.45) is 4.99 Å². The normalized spacial score (nSPS) is 14.5. The smallest absolute Gasteiger partial charge is 0.338 e. The summed E-state index contributed by atoms with van der Waals surface area (Å²) < 4.78 is 24.4. The van der Waals surface area contributed by atoms with E-state index in [9.17, 15) is 19.7 Å². The lowest BCUT2D eigenvalue weighted by atomic mass is 9.94. The first-order valence-corrected chi connectivity index (χ1v) is 14.4. The van der Waals surface area contributed by atoms with Gasteiger partial charge in [-0.25, -0.2) is 9.79 Å². The van der Waals surface area contributed by atoms with Gasteiger partial charge in [0.05, 0.1) is 41.6 Å². The zero-order valence-corrected chi connectivity index (χ0v) is 25.3. The summed E-state index contributed by atoms with van der Waals surface area (Å²) in [6.07, 6.45) is 1.72. The average molecular weight is 616 g/mol. The molecule has 1 aromatic heterocycles. The number of non-ortho nitro benzene ring substituents is 1. The number of fused-ring (bicyclic) bond motifs is 1. The fourth-order valence-electron chi connectivity index (χ4n) is 4.89. The van der Waals surface area contributed by atoms with E-state index in [2.05, 4.69) is 4.99 Å². The number of thiazole rings is 1. The minimum absolute atomic E-state index is 0.00394. The highest BCUT2D eigenvalue weighted by atomic mass is 32.1. The van der Waals surface area contributed by atoms with Gasteiger partial charge in [-0.3, -0.25) is 19.5 Å². The monoisotopic (exact) mass is 615 g/mol. The quantitative estimate of drug-likeness (QED) is 0.147. The van der Waals surface area contributed by atoms with E-state index < -0.39 is 16.9 Å². The van der Waals surface area contributed by atoms with Crippen molar-refractivity contribution in [1.29, 1.82) is 0 Å². The van der Waals surface area contributed by atoms with E-state index in [4.69, 9.17) is 18.9 Å². The number of carbonyl (C=O) groups excluding carboxylic acids is 1. The van der Waals surface area contributed by atoms with Crippen LogP contribution in [0.4, 0.5) is 5.69 Å². The predicted molar refractivity (Wildman–Crippen MR) is 164 cm³/mol. The third-order valence-corrected chi connectivity index (χ3v) is 7.98. The van der Waals surface area contributed by atoms with Crippen molar-refractivity contribution in [1.82, 2.24) is 4.57 Å². The second-order valence-electron chi connectivity index (χ2n) is 9.66. The van der Waals surface area contributed by atoms with Crippen LogP contribution in [0.15, 0.2) is 87.8 Å². The molecule has 226 valence electrons. The molecule has 1 aliphatic heterocycles. The molecule has 0 saturated heterocycles. The number of carbonyl (C=O) groups is 1. The molecular weight excluding hydrogens is 586 g/mol. The van der Waals surface area contributed by atoms with Crippen molar-refractivity contribution in [3.8, 4) is 17.2 Å². The van der Waals surface area contributed by atoms with Gasteiger partial charge in [-0.05, 0) is 61.9 Å². The second-order valence-corrected chi connectivity index (χ2v) is 10.7. The maximum Gasteiger partial charge on any atom is 0.338 e. The van der Waals surface area contributed by atoms with Gasteiger partial charge in [0.2, 0.25) is 0 Å². The molecule has 0 saturated carbocycles. The van der Waals surface area contributed by atoms with Gasteiger partial charge in [-0.1, -0.05) is 29.5 Å². The first-order valence-electron chi connectivity index (χ1n) is 13.6. The number of esters is 1. The summed E-state index contributed by atoms with van der Waals surface area (Å²) in [5.74, 6) is 0.931. The Labute approximate surface area is 256 Å². The minimum atomic E-state index is -0.883. The molecule has 1 aliphatic rings. The van der Waals surface area contributed by atoms with E-state index >= 15 is 0 Å². The van der Waals surface area contributed by atoms with E-state index in [-0.39, 0.29) is 30.0 Å². The number of nitro benzene ring substituents is 1. The van der Waals surface area contributed by atoms with Crippen molar-refractivity contribution in [2.45, 2.75) is 26.5 Å². The van der Waals surface area contributed by atoms with Crippen LogP contribution in [0.1, 0.15) is 36.6 Å². The highest BCUT2D eigenvalue weighted by Crippen LogP contribution is 2.38. The number of para-hydroxylation sites is 1. The van der Waals surface area contributed by atoms with Gasteiger partial charge in [0.15, 0.2) is 4.80 Å². The van der Waals surface area contributed by atoms with Crippen molar-refractivity contribution in [2.75, 3.05) is 20.8 Å². The Balaban J connectivity index is 1.60. The summed E-state index contributed by atoms with van der Waals surface area (Å²) in [4.78, 5) is 42.9. The Morgan fingerprint density at radius 2 is 1.82 bits per heavy atom. The number of hydrogen-bond donors (Lipinski definition) is 0. The molecule has 5 rings (SSSR count). The Kier molecular flexibility index (Phi) is 8.91. The molecule has 0 aliphatic carbocycles. The van der Waals surface area contributed by atoms with E-state index in [1.165, 1.54) is 42.3 Å². The van der Waals surface area contributed by atoms with Gasteiger partial charge in [-0.2, -0.15) is 0 Å². The number of nitro groups is 1. The Morgan fingerprint density at radius 1 is 1.07 bits per heavy atom. The fraction of sp³-hybridized carbons (Fsp3) is 0.219. The Hall–Kier alpha value is -5.23. The van der Waals surface area contributed by atoms with Crippen LogP contribution in [0.25, 0.3) is 6.08 Å². The van der Waals surface area contributed by atoms with Crippen LogP contribution in [-0.4, -0.2) is 36.3 Å². The molecule has 2 heterocycles. The van der Waals surface area contributed by atoms with Crippen LogP contribution < -0.4 is 29.1 Å². The molecule has 44 heavy (non-hydrogen) atoms. The lowest BCUT2D eigenvalue weighted by molar-refractivity contribution is -0.384. The standard InChI is InChI=1S/C32H29N3O8S/c1-5-42-31(37)28-19(2)33-32-34(29(28)24-17-23(40-3)14-15-26(24)41-4)30(36)27(44-32)16-21-8-6-7-9-25(21)43-18-20-10-12-22(13-11-20)35(38)39/h6-17,29H,5,18H2,1-4H3/b27-16-/t29-/m1/s1. The van der Waals surface area contributed by atoms with Gasteiger partial charge >= 0.3 is 5.97 Å². The summed E-state index contributed by atoms with van der Waals surface area (Å²) in [6, 6.07) is 17.7. The Morgan fingerprint density at radius 3 is 2.50 bits per heavy atom. The van der Waals surface area contributed by atoms with Crippen molar-refractivity contribution < 1.29 is 28.7 Å². The number of methoxy groups -OCH3 is 2. The zero-order chi connectivity index (χ0) is 31.4. The van der Waals surface area contributed by atoms with Gasteiger partial charge in [-0.15, -0.1) is 0 Å². The second kappa shape index (κ2) is 13.0. The van der Waals surface area contributed by atoms with Gasteiger partial charge in [0, 0.05) is 23.3 Å². The predicted octanol–water partition coefficient (Wildman–Crippen LogP) is 4.30. The third kappa shape index (κ3) is 5.97. The molecule has 0 bridgehead atoms. The molecule has 0 spiro atoms. The first-order chi connectivity index (χ1) is 21.2. The van der Waals surface area contributed by atoms with Crippen LogP contribution in [0.2, 0.25) is 0 Å². The fourth-order valence-corrected chi connectivity index (χ4v) is 5.92. The molecule has 0 fully saturated rings. The lowest BCUT2D eigenvalue weighted by Crippen LogP contribution is -2.40. The van der Waals surface area contributed by atoms with Crippen molar-refractivity contribution in [3.63, 3.8) is 0 Å². The number of benzene rings is 3. The van der Waals surface area contributed by atoms with Gasteiger partial charge in [0.1, 0.15) is 29.9 Å². The molecule has 1 atom stereocenters. The van der Waals surface area contributed by atoms with Crippen LogP contribution in [0.3, 0.4) is 0 Å². The molecule has 0 amide bonds. The van der Waals surface area contributed by atoms with Crippen LogP contribution in [-0.2, 0) is 16.1 Å². The van der Waals surface area contributed by atoms with Crippen LogP contribution >= 0.6 is 11.3 Å². The summed E-state index contributed by atoms with van der Waals surface area (Å²) in [6.45, 7) is 3.75. The molecule has 0 N–H and O–H groups in total. The van der Waals surface area contributed by atoms with E-state index in [0.717, 1.165) is 5.56 Å². The SMILES string of the molecule is CCOC(=O)C1=C(C)N=c2s/c(=C\c3ccccc3OCc3ccc([N+](=O)[O-])cc3)c(=O)n2[C@@H]1c1cc(OC)ccc1OC. The molecular formula is C32H29N3O8S. The Bertz CT molecular complexity index is 1940. The van der Waals surface area contributed by atoms with Gasteiger partial charge < -0.3 is 18.9 Å². The minimum Gasteiger partial charge on any atom is -0.497 e. The first kappa shape index (κ1) is 30.2. The van der Waals surface area contributed by atoms with Crippen molar-refractivity contribution >= 4 is 29.1 Å². The topological polar surface area (TPSA) is 131 Å². The number of ether oxygens (including phenoxy) is 4. The summed E-state index contributed by atoms with van der Waals surface area (Å²) >= 11 is 1.19. The lowest BCUT2D eigenvalue weighted by Gasteiger charge is -2.26. The maximum atomic E-state index is 14.1. The molecule has 4 aromatic rings. The van der Waals surface area contributed by atoms with Crippen molar-refractivity contribution in [3.05, 3.63) is 124 Å². The molecule has 11 nitrogen and oxygen atoms in total. The molecule has 3 aromatic carbocycles. The highest BCUT2D eigenvalue weighted by Gasteiger charge is 2.35. The number of allylic oxidation sites excluding steroid dienone is 1. The van der Waals surface area contributed by atoms with Crippen LogP contribution in [0, 0.1) is 10.1 Å². The average Bonchev–Trinajstić information content (AvgIpc) is 3.33.